The number of ether oxygens (including phenoxy) is 1. The van der Waals surface area contributed by atoms with E-state index in [0.29, 0.717) is 5.56 Å². The Kier molecular flexibility index (Phi) is 5.63. The highest BCUT2D eigenvalue weighted by molar-refractivity contribution is 5.99. The summed E-state index contributed by atoms with van der Waals surface area (Å²) in [7, 11) is 1.24. The van der Waals surface area contributed by atoms with Gasteiger partial charge in [0.05, 0.1) is 19.1 Å². The lowest BCUT2D eigenvalue weighted by atomic mass is 9.96. The van der Waals surface area contributed by atoms with Crippen molar-refractivity contribution in [2.75, 3.05) is 7.11 Å². The zero-order valence-corrected chi connectivity index (χ0v) is 13.1. The van der Waals surface area contributed by atoms with Crippen molar-refractivity contribution in [1.29, 1.82) is 0 Å². The predicted octanol–water partition coefficient (Wildman–Crippen LogP) is 2.94. The van der Waals surface area contributed by atoms with Crippen LogP contribution in [0.4, 0.5) is 0 Å². The van der Waals surface area contributed by atoms with Crippen LogP contribution in [0.2, 0.25) is 0 Å². The minimum atomic E-state index is -1.49. The minimum Gasteiger partial charge on any atom is -0.467 e. The van der Waals surface area contributed by atoms with Gasteiger partial charge in [-0.15, -0.1) is 0 Å². The van der Waals surface area contributed by atoms with E-state index in [1.54, 1.807) is 45.0 Å². The van der Waals surface area contributed by atoms with Crippen molar-refractivity contribution in [2.45, 2.75) is 45.3 Å². The van der Waals surface area contributed by atoms with Crippen LogP contribution in [-0.2, 0) is 19.3 Å². The topological polar surface area (TPSA) is 61.8 Å². The largest absolute Gasteiger partial charge is 0.467 e. The van der Waals surface area contributed by atoms with E-state index in [1.807, 2.05) is 6.07 Å². The molecule has 5 nitrogen and oxygen atoms in total. The van der Waals surface area contributed by atoms with Crippen LogP contribution in [0.5, 0.6) is 0 Å². The molecule has 0 aliphatic carbocycles. The van der Waals surface area contributed by atoms with Gasteiger partial charge in [0, 0.05) is 5.56 Å². The lowest BCUT2D eigenvalue weighted by Gasteiger charge is -2.28. The molecule has 1 aromatic rings. The quantitative estimate of drug-likeness (QED) is 0.349. The number of ketones is 1. The molecule has 1 aromatic carbocycles. The van der Waals surface area contributed by atoms with Crippen LogP contribution in [0.25, 0.3) is 0 Å². The highest BCUT2D eigenvalue weighted by Crippen LogP contribution is 2.23. The van der Waals surface area contributed by atoms with Crippen molar-refractivity contribution in [3.05, 3.63) is 35.9 Å². The first-order chi connectivity index (χ1) is 9.68. The van der Waals surface area contributed by atoms with Crippen molar-refractivity contribution in [2.24, 2.45) is 0 Å². The summed E-state index contributed by atoms with van der Waals surface area (Å²) in [5.41, 5.74) is -1.59. The number of carbonyl (C=O) groups is 2. The van der Waals surface area contributed by atoms with E-state index in [0.717, 1.165) is 0 Å². The van der Waals surface area contributed by atoms with Gasteiger partial charge in [0.25, 0.3) is 0 Å². The fraction of sp³-hybridized carbons (Fsp3) is 0.500. The van der Waals surface area contributed by atoms with Crippen molar-refractivity contribution in [3.63, 3.8) is 0 Å². The van der Waals surface area contributed by atoms with E-state index in [2.05, 4.69) is 0 Å². The van der Waals surface area contributed by atoms with E-state index < -0.39 is 17.2 Å². The van der Waals surface area contributed by atoms with Gasteiger partial charge in [-0.2, -0.15) is 0 Å². The third-order valence-electron chi connectivity index (χ3n) is 2.69. The molecule has 0 aliphatic heterocycles. The summed E-state index contributed by atoms with van der Waals surface area (Å²) in [5.74, 6) is -0.878. The predicted molar refractivity (Wildman–Crippen MR) is 77.7 cm³/mol. The van der Waals surface area contributed by atoms with E-state index in [9.17, 15) is 9.59 Å². The molecule has 0 amide bonds. The molecule has 0 heterocycles. The highest BCUT2D eigenvalue weighted by atomic mass is 17.2. The summed E-state index contributed by atoms with van der Waals surface area (Å²) in [6.07, 6.45) is -0.167. The Hall–Kier alpha value is -1.72. The molecule has 1 atom stereocenters. The molecular weight excluding hydrogens is 272 g/mol. The zero-order valence-electron chi connectivity index (χ0n) is 13.1. The standard InChI is InChI=1S/C16H22O5/c1-15(2,3)20-21-16(4,14(18)19-5)11-13(17)12-9-7-6-8-10-12/h6-10H,11H2,1-5H3. The van der Waals surface area contributed by atoms with Gasteiger partial charge in [-0.05, 0) is 27.7 Å². The van der Waals surface area contributed by atoms with Crippen LogP contribution in [0.3, 0.4) is 0 Å². The number of rotatable bonds is 6. The second-order valence-electron chi connectivity index (χ2n) is 5.97. The third kappa shape index (κ3) is 5.28. The van der Waals surface area contributed by atoms with Crippen LogP contribution >= 0.6 is 0 Å². The average molecular weight is 294 g/mol. The Balaban J connectivity index is 2.88. The molecule has 0 fully saturated rings. The van der Waals surface area contributed by atoms with Crippen molar-refractivity contribution >= 4 is 11.8 Å². The first kappa shape index (κ1) is 17.3. The molecule has 0 saturated carbocycles. The van der Waals surface area contributed by atoms with E-state index in [-0.39, 0.29) is 12.2 Å². The summed E-state index contributed by atoms with van der Waals surface area (Å²) in [6, 6.07) is 8.70. The van der Waals surface area contributed by atoms with Gasteiger partial charge in [0.2, 0.25) is 5.60 Å². The molecule has 5 heteroatoms. The Morgan fingerprint density at radius 1 is 1.00 bits per heavy atom. The number of methoxy groups -OCH3 is 1. The molecule has 0 saturated heterocycles. The molecule has 0 bridgehead atoms. The zero-order chi connectivity index (χ0) is 16.1. The van der Waals surface area contributed by atoms with Gasteiger partial charge in [0.15, 0.2) is 5.78 Å². The summed E-state index contributed by atoms with van der Waals surface area (Å²) < 4.78 is 4.72. The Labute approximate surface area is 125 Å². The molecule has 0 aromatic heterocycles. The smallest absolute Gasteiger partial charge is 0.341 e. The van der Waals surface area contributed by atoms with Crippen LogP contribution in [0.15, 0.2) is 30.3 Å². The van der Waals surface area contributed by atoms with Crippen molar-refractivity contribution < 1.29 is 24.1 Å². The fourth-order valence-corrected chi connectivity index (χ4v) is 1.60. The minimum absolute atomic E-state index is 0.167. The number of hydrogen-bond donors (Lipinski definition) is 0. The molecule has 0 N–H and O–H groups in total. The highest BCUT2D eigenvalue weighted by Gasteiger charge is 2.41. The summed E-state index contributed by atoms with van der Waals surface area (Å²) >= 11 is 0. The lowest BCUT2D eigenvalue weighted by molar-refractivity contribution is -0.392. The maximum absolute atomic E-state index is 12.3. The molecule has 0 radical (unpaired) electrons. The number of esters is 1. The average Bonchev–Trinajstić information content (AvgIpc) is 2.44. The summed E-state index contributed by atoms with van der Waals surface area (Å²) in [5, 5.41) is 0. The number of Topliss-reactive ketones (excluding diaryl/α,β-unsaturated/α-hetero) is 1. The van der Waals surface area contributed by atoms with Crippen molar-refractivity contribution in [1.82, 2.24) is 0 Å². The van der Waals surface area contributed by atoms with Gasteiger partial charge in [-0.1, -0.05) is 30.3 Å². The third-order valence-corrected chi connectivity index (χ3v) is 2.69. The van der Waals surface area contributed by atoms with Gasteiger partial charge in [-0.25, -0.2) is 14.6 Å². The summed E-state index contributed by atoms with van der Waals surface area (Å²) in [4.78, 5) is 34.6. The van der Waals surface area contributed by atoms with Crippen LogP contribution in [-0.4, -0.2) is 30.1 Å². The van der Waals surface area contributed by atoms with Crippen LogP contribution < -0.4 is 0 Å². The maximum Gasteiger partial charge on any atom is 0.341 e. The lowest BCUT2D eigenvalue weighted by Crippen LogP contribution is -2.43. The number of benzene rings is 1. The SMILES string of the molecule is COC(=O)C(C)(CC(=O)c1ccccc1)OOC(C)(C)C. The van der Waals surface area contributed by atoms with Crippen molar-refractivity contribution in [3.8, 4) is 0 Å². The molecule has 0 spiro atoms. The van der Waals surface area contributed by atoms with Crippen LogP contribution in [0, 0.1) is 0 Å². The summed E-state index contributed by atoms with van der Waals surface area (Å²) in [6.45, 7) is 6.82. The van der Waals surface area contributed by atoms with E-state index in [1.165, 1.54) is 14.0 Å². The van der Waals surface area contributed by atoms with Gasteiger partial charge in [0.1, 0.15) is 0 Å². The first-order valence-corrected chi connectivity index (χ1v) is 6.71. The molecule has 1 rings (SSSR count). The van der Waals surface area contributed by atoms with Gasteiger partial charge >= 0.3 is 5.97 Å². The van der Waals surface area contributed by atoms with E-state index >= 15 is 0 Å². The molecule has 0 aliphatic rings. The second-order valence-corrected chi connectivity index (χ2v) is 5.97. The second kappa shape index (κ2) is 6.83. The van der Waals surface area contributed by atoms with Gasteiger partial charge in [-0.3, -0.25) is 4.79 Å². The molecule has 1 unspecified atom stereocenters. The molecule has 116 valence electrons. The monoisotopic (exact) mass is 294 g/mol. The molecular formula is C16H22O5. The normalized spacial score (nSPS) is 14.3. The number of hydrogen-bond acceptors (Lipinski definition) is 5. The Morgan fingerprint density at radius 3 is 2.05 bits per heavy atom. The first-order valence-electron chi connectivity index (χ1n) is 6.71. The molecule has 21 heavy (non-hydrogen) atoms. The van der Waals surface area contributed by atoms with E-state index in [4.69, 9.17) is 14.5 Å². The van der Waals surface area contributed by atoms with Crippen LogP contribution in [0.1, 0.15) is 44.5 Å². The van der Waals surface area contributed by atoms with Gasteiger partial charge < -0.3 is 4.74 Å². The fourth-order valence-electron chi connectivity index (χ4n) is 1.60. The number of carbonyl (C=O) groups excluding carboxylic acids is 2. The Morgan fingerprint density at radius 2 is 1.57 bits per heavy atom. The maximum atomic E-state index is 12.3. The Bertz CT molecular complexity index is 489.